The minimum absolute atomic E-state index is 0.0838. The van der Waals surface area contributed by atoms with Crippen LogP contribution < -0.4 is 21.1 Å². The number of aromatic nitrogens is 2. The van der Waals surface area contributed by atoms with Gasteiger partial charge in [-0.15, -0.1) is 0 Å². The molecule has 3 amide bonds. The highest BCUT2D eigenvalue weighted by Crippen LogP contribution is 2.18. The van der Waals surface area contributed by atoms with E-state index in [-0.39, 0.29) is 43.0 Å². The smallest absolute Gasteiger partial charge is 0.252 e. The number of hydrogen-bond acceptors (Lipinski definition) is 5. The maximum absolute atomic E-state index is 12.1. The van der Waals surface area contributed by atoms with E-state index < -0.39 is 5.91 Å². The SMILES string of the molecule is NC(=O)c1ccccc1OCCC(=O)Nc1cnn(CC(=O)NC2CCCC2)c1. The number of nitrogens with one attached hydrogen (secondary N) is 2. The van der Waals surface area contributed by atoms with Gasteiger partial charge in [-0.25, -0.2) is 0 Å². The standard InChI is InChI=1S/C20H25N5O4/c21-20(28)16-7-3-4-8-17(16)29-10-9-18(26)24-15-11-22-25(12-15)13-19(27)23-14-5-1-2-6-14/h3-4,7-8,11-12,14H,1-2,5-6,9-10,13H2,(H2,21,28)(H,23,27)(H,24,26). The van der Waals surface area contributed by atoms with Gasteiger partial charge in [0.25, 0.3) is 5.91 Å². The largest absolute Gasteiger partial charge is 0.492 e. The van der Waals surface area contributed by atoms with Crippen LogP contribution in [0.15, 0.2) is 36.7 Å². The molecule has 1 heterocycles. The lowest BCUT2D eigenvalue weighted by Crippen LogP contribution is -2.35. The van der Waals surface area contributed by atoms with Crippen LogP contribution in [-0.2, 0) is 16.1 Å². The Balaban J connectivity index is 1.42. The van der Waals surface area contributed by atoms with Crippen molar-refractivity contribution in [1.82, 2.24) is 15.1 Å². The number of primary amides is 1. The molecule has 9 heteroatoms. The summed E-state index contributed by atoms with van der Waals surface area (Å²) in [5, 5.41) is 9.80. The maximum atomic E-state index is 12.1. The molecule has 1 saturated carbocycles. The first kappa shape index (κ1) is 20.4. The highest BCUT2D eigenvalue weighted by Gasteiger charge is 2.17. The summed E-state index contributed by atoms with van der Waals surface area (Å²) in [6.07, 6.45) is 7.54. The molecule has 3 rings (SSSR count). The molecule has 1 fully saturated rings. The Morgan fingerprint density at radius 1 is 1.17 bits per heavy atom. The number of ether oxygens (including phenoxy) is 1. The molecular weight excluding hydrogens is 374 g/mol. The Hall–Kier alpha value is -3.36. The fourth-order valence-corrected chi connectivity index (χ4v) is 3.28. The molecular formula is C20H25N5O4. The first-order valence-corrected chi connectivity index (χ1v) is 9.64. The summed E-state index contributed by atoms with van der Waals surface area (Å²) in [5.74, 6) is -0.598. The van der Waals surface area contributed by atoms with Gasteiger partial charge in [0.05, 0.1) is 30.5 Å². The van der Waals surface area contributed by atoms with E-state index in [1.807, 2.05) is 0 Å². The molecule has 154 valence electrons. The number of benzene rings is 1. The van der Waals surface area contributed by atoms with Crippen LogP contribution in [0.5, 0.6) is 5.75 Å². The Bertz CT molecular complexity index is 873. The van der Waals surface area contributed by atoms with Crippen LogP contribution in [0, 0.1) is 0 Å². The van der Waals surface area contributed by atoms with E-state index in [1.165, 1.54) is 10.9 Å². The third-order valence-electron chi connectivity index (χ3n) is 4.68. The number of carbonyl (C=O) groups excluding carboxylic acids is 3. The van der Waals surface area contributed by atoms with E-state index in [2.05, 4.69) is 15.7 Å². The molecule has 0 radical (unpaired) electrons. The van der Waals surface area contributed by atoms with Gasteiger partial charge in [0.15, 0.2) is 0 Å². The lowest BCUT2D eigenvalue weighted by Gasteiger charge is -2.11. The molecule has 0 atom stereocenters. The fraction of sp³-hybridized carbons (Fsp3) is 0.400. The van der Waals surface area contributed by atoms with E-state index in [1.54, 1.807) is 30.5 Å². The third kappa shape index (κ3) is 6.06. The van der Waals surface area contributed by atoms with Crippen LogP contribution in [0.2, 0.25) is 0 Å². The summed E-state index contributed by atoms with van der Waals surface area (Å²) >= 11 is 0. The lowest BCUT2D eigenvalue weighted by molar-refractivity contribution is -0.122. The Morgan fingerprint density at radius 3 is 2.69 bits per heavy atom. The third-order valence-corrected chi connectivity index (χ3v) is 4.68. The molecule has 29 heavy (non-hydrogen) atoms. The molecule has 1 aromatic carbocycles. The van der Waals surface area contributed by atoms with E-state index in [0.717, 1.165) is 25.7 Å². The fourth-order valence-electron chi connectivity index (χ4n) is 3.28. The number of nitrogens with two attached hydrogens (primary N) is 1. The van der Waals surface area contributed by atoms with Gasteiger partial charge in [-0.2, -0.15) is 5.10 Å². The lowest BCUT2D eigenvalue weighted by atomic mass is 10.2. The minimum atomic E-state index is -0.588. The molecule has 0 spiro atoms. The van der Waals surface area contributed by atoms with Crippen LogP contribution in [-0.4, -0.2) is 40.2 Å². The Morgan fingerprint density at radius 2 is 1.93 bits per heavy atom. The van der Waals surface area contributed by atoms with Crippen molar-refractivity contribution in [3.63, 3.8) is 0 Å². The van der Waals surface area contributed by atoms with Gasteiger partial charge in [-0.3, -0.25) is 19.1 Å². The number of amides is 3. The first-order chi connectivity index (χ1) is 14.0. The van der Waals surface area contributed by atoms with Crippen molar-refractivity contribution in [2.24, 2.45) is 5.73 Å². The zero-order valence-electron chi connectivity index (χ0n) is 16.1. The van der Waals surface area contributed by atoms with Gasteiger partial charge in [-0.1, -0.05) is 25.0 Å². The van der Waals surface area contributed by atoms with E-state index in [0.29, 0.717) is 11.4 Å². The van der Waals surface area contributed by atoms with Crippen LogP contribution in [0.25, 0.3) is 0 Å². The second-order valence-electron chi connectivity index (χ2n) is 6.98. The summed E-state index contributed by atoms with van der Waals surface area (Å²) in [6.45, 7) is 0.202. The van der Waals surface area contributed by atoms with Crippen molar-refractivity contribution in [3.05, 3.63) is 42.2 Å². The number of rotatable bonds is 9. The van der Waals surface area contributed by atoms with Crippen molar-refractivity contribution >= 4 is 23.4 Å². The highest BCUT2D eigenvalue weighted by atomic mass is 16.5. The van der Waals surface area contributed by atoms with Gasteiger partial charge in [-0.05, 0) is 25.0 Å². The van der Waals surface area contributed by atoms with Crippen molar-refractivity contribution in [2.75, 3.05) is 11.9 Å². The number of nitrogens with zero attached hydrogens (tertiary/aromatic N) is 2. The minimum Gasteiger partial charge on any atom is -0.492 e. The van der Waals surface area contributed by atoms with Gasteiger partial charge in [0.2, 0.25) is 11.8 Å². The number of para-hydroxylation sites is 1. The van der Waals surface area contributed by atoms with E-state index >= 15 is 0 Å². The molecule has 1 aromatic heterocycles. The molecule has 2 aromatic rings. The van der Waals surface area contributed by atoms with Crippen LogP contribution in [0.4, 0.5) is 5.69 Å². The molecule has 9 nitrogen and oxygen atoms in total. The normalized spacial score (nSPS) is 13.8. The summed E-state index contributed by atoms with van der Waals surface area (Å²) in [4.78, 5) is 35.5. The van der Waals surface area contributed by atoms with Gasteiger partial charge in [0, 0.05) is 12.2 Å². The van der Waals surface area contributed by atoms with Gasteiger partial charge >= 0.3 is 0 Å². The molecule has 0 bridgehead atoms. The van der Waals surface area contributed by atoms with Gasteiger partial charge in [0.1, 0.15) is 12.3 Å². The zero-order chi connectivity index (χ0) is 20.6. The van der Waals surface area contributed by atoms with Crippen molar-refractivity contribution < 1.29 is 19.1 Å². The van der Waals surface area contributed by atoms with E-state index in [4.69, 9.17) is 10.5 Å². The van der Waals surface area contributed by atoms with Crippen molar-refractivity contribution in [2.45, 2.75) is 44.7 Å². The maximum Gasteiger partial charge on any atom is 0.252 e. The second kappa shape index (κ2) is 9.72. The highest BCUT2D eigenvalue weighted by molar-refractivity contribution is 5.95. The quantitative estimate of drug-likeness (QED) is 0.588. The average Bonchev–Trinajstić information content (AvgIpc) is 3.34. The predicted octanol–water partition coefficient (Wildman–Crippen LogP) is 1.45. The first-order valence-electron chi connectivity index (χ1n) is 9.64. The molecule has 1 aliphatic carbocycles. The number of hydrogen-bond donors (Lipinski definition) is 3. The summed E-state index contributed by atoms with van der Waals surface area (Å²) < 4.78 is 6.98. The molecule has 0 saturated heterocycles. The average molecular weight is 399 g/mol. The van der Waals surface area contributed by atoms with Crippen LogP contribution in [0.1, 0.15) is 42.5 Å². The number of carbonyl (C=O) groups is 3. The Kier molecular flexibility index (Phi) is 6.83. The number of anilines is 1. The molecule has 4 N–H and O–H groups in total. The summed E-state index contributed by atoms with van der Waals surface area (Å²) in [6, 6.07) is 6.86. The second-order valence-corrected chi connectivity index (χ2v) is 6.98. The van der Waals surface area contributed by atoms with Crippen LogP contribution in [0.3, 0.4) is 0 Å². The monoisotopic (exact) mass is 399 g/mol. The predicted molar refractivity (Wildman–Crippen MR) is 106 cm³/mol. The van der Waals surface area contributed by atoms with Gasteiger partial charge < -0.3 is 21.1 Å². The van der Waals surface area contributed by atoms with Crippen LogP contribution >= 0.6 is 0 Å². The topological polar surface area (TPSA) is 128 Å². The Labute approximate surface area is 168 Å². The molecule has 0 aliphatic heterocycles. The van der Waals surface area contributed by atoms with Crippen molar-refractivity contribution in [3.8, 4) is 5.75 Å². The molecule has 1 aliphatic rings. The molecule has 0 unspecified atom stereocenters. The van der Waals surface area contributed by atoms with E-state index in [9.17, 15) is 14.4 Å². The summed E-state index contributed by atoms with van der Waals surface area (Å²) in [5.41, 5.74) is 6.06. The van der Waals surface area contributed by atoms with Crippen molar-refractivity contribution in [1.29, 1.82) is 0 Å². The summed E-state index contributed by atoms with van der Waals surface area (Å²) in [7, 11) is 0. The zero-order valence-corrected chi connectivity index (χ0v) is 16.1.